The number of rotatable bonds is 4. The van der Waals surface area contributed by atoms with Crippen LogP contribution in [0.1, 0.15) is 11.1 Å². The zero-order chi connectivity index (χ0) is 16.3. The Bertz CT molecular complexity index is 717. The summed E-state index contributed by atoms with van der Waals surface area (Å²) in [5.74, 6) is -4.89. The molecule has 0 spiro atoms. The standard InChI is InChI=1S/C16H15F3N2O/c1-9-3-4-10(2)13(7-9)20-8-14(22)21-12-6-5-11(17)15(18)16(12)19/h3-7,20H,8H2,1-2H3,(H,21,22). The summed E-state index contributed by atoms with van der Waals surface area (Å²) < 4.78 is 39.3. The van der Waals surface area contributed by atoms with E-state index < -0.39 is 29.0 Å². The van der Waals surface area contributed by atoms with E-state index >= 15 is 0 Å². The molecule has 0 bridgehead atoms. The van der Waals surface area contributed by atoms with E-state index in [-0.39, 0.29) is 6.54 Å². The van der Waals surface area contributed by atoms with Gasteiger partial charge in [0.05, 0.1) is 12.2 Å². The highest BCUT2D eigenvalue weighted by molar-refractivity contribution is 5.94. The molecule has 6 heteroatoms. The Labute approximate surface area is 126 Å². The van der Waals surface area contributed by atoms with Crippen molar-refractivity contribution < 1.29 is 18.0 Å². The molecule has 0 saturated heterocycles. The predicted molar refractivity (Wildman–Crippen MR) is 79.4 cm³/mol. The third-order valence-corrected chi connectivity index (χ3v) is 3.14. The monoisotopic (exact) mass is 308 g/mol. The first kappa shape index (κ1) is 15.9. The smallest absolute Gasteiger partial charge is 0.243 e. The van der Waals surface area contributed by atoms with Crippen molar-refractivity contribution in [3.8, 4) is 0 Å². The number of hydrogen-bond donors (Lipinski definition) is 2. The van der Waals surface area contributed by atoms with E-state index in [0.29, 0.717) is 0 Å². The van der Waals surface area contributed by atoms with E-state index in [1.807, 2.05) is 32.0 Å². The quantitative estimate of drug-likeness (QED) is 0.844. The molecule has 2 aromatic rings. The van der Waals surface area contributed by atoms with Crippen LogP contribution in [0.3, 0.4) is 0 Å². The molecule has 1 amide bonds. The van der Waals surface area contributed by atoms with E-state index in [2.05, 4.69) is 10.6 Å². The molecule has 0 fully saturated rings. The fourth-order valence-corrected chi connectivity index (χ4v) is 1.92. The van der Waals surface area contributed by atoms with Gasteiger partial charge in [0.25, 0.3) is 0 Å². The van der Waals surface area contributed by atoms with Crippen LogP contribution < -0.4 is 10.6 Å². The van der Waals surface area contributed by atoms with E-state index in [1.165, 1.54) is 0 Å². The molecular weight excluding hydrogens is 293 g/mol. The zero-order valence-corrected chi connectivity index (χ0v) is 12.1. The number of carbonyl (C=O) groups excluding carboxylic acids is 1. The molecule has 2 aromatic carbocycles. The fraction of sp³-hybridized carbons (Fsp3) is 0.188. The SMILES string of the molecule is Cc1ccc(C)c(NCC(=O)Nc2ccc(F)c(F)c2F)c1. The molecule has 0 saturated carbocycles. The normalized spacial score (nSPS) is 10.4. The highest BCUT2D eigenvalue weighted by Crippen LogP contribution is 2.20. The molecule has 0 unspecified atom stereocenters. The van der Waals surface area contributed by atoms with Gasteiger partial charge in [-0.05, 0) is 43.2 Å². The van der Waals surface area contributed by atoms with E-state index in [9.17, 15) is 18.0 Å². The summed E-state index contributed by atoms with van der Waals surface area (Å²) in [6.07, 6.45) is 0. The summed E-state index contributed by atoms with van der Waals surface area (Å²) in [4.78, 5) is 11.8. The predicted octanol–water partition coefficient (Wildman–Crippen LogP) is 3.77. The molecule has 0 aliphatic carbocycles. The molecule has 0 aliphatic heterocycles. The molecular formula is C16H15F3N2O. The van der Waals surface area contributed by atoms with Crippen LogP contribution in [-0.2, 0) is 4.79 Å². The van der Waals surface area contributed by atoms with Gasteiger partial charge in [0.2, 0.25) is 5.91 Å². The number of benzene rings is 2. The maximum atomic E-state index is 13.5. The van der Waals surface area contributed by atoms with E-state index in [1.54, 1.807) is 0 Å². The second-order valence-corrected chi connectivity index (χ2v) is 4.94. The fourth-order valence-electron chi connectivity index (χ4n) is 1.92. The van der Waals surface area contributed by atoms with Crippen LogP contribution in [0.15, 0.2) is 30.3 Å². The van der Waals surface area contributed by atoms with Crippen LogP contribution in [0.2, 0.25) is 0 Å². The van der Waals surface area contributed by atoms with Crippen LogP contribution in [0.5, 0.6) is 0 Å². The lowest BCUT2D eigenvalue weighted by Gasteiger charge is -2.11. The van der Waals surface area contributed by atoms with Gasteiger partial charge in [-0.1, -0.05) is 12.1 Å². The van der Waals surface area contributed by atoms with Crippen molar-refractivity contribution in [2.24, 2.45) is 0 Å². The maximum absolute atomic E-state index is 13.5. The van der Waals surface area contributed by atoms with Gasteiger partial charge < -0.3 is 10.6 Å². The van der Waals surface area contributed by atoms with Crippen LogP contribution in [0.4, 0.5) is 24.5 Å². The topological polar surface area (TPSA) is 41.1 Å². The zero-order valence-electron chi connectivity index (χ0n) is 12.1. The number of amides is 1. The van der Waals surface area contributed by atoms with Crippen molar-refractivity contribution in [2.45, 2.75) is 13.8 Å². The average molecular weight is 308 g/mol. The second kappa shape index (κ2) is 6.51. The summed E-state index contributed by atoms with van der Waals surface area (Å²) in [5, 5.41) is 5.12. The second-order valence-electron chi connectivity index (χ2n) is 4.94. The van der Waals surface area contributed by atoms with Crippen molar-refractivity contribution in [2.75, 3.05) is 17.2 Å². The van der Waals surface area contributed by atoms with Gasteiger partial charge in [0.15, 0.2) is 17.5 Å². The molecule has 0 atom stereocenters. The third kappa shape index (κ3) is 3.58. The summed E-state index contributed by atoms with van der Waals surface area (Å²) >= 11 is 0. The molecule has 2 rings (SSSR count). The number of anilines is 2. The lowest BCUT2D eigenvalue weighted by atomic mass is 10.1. The number of aryl methyl sites for hydroxylation is 2. The average Bonchev–Trinajstić information content (AvgIpc) is 2.49. The minimum Gasteiger partial charge on any atom is -0.376 e. The Morgan fingerprint density at radius 1 is 1.00 bits per heavy atom. The lowest BCUT2D eigenvalue weighted by molar-refractivity contribution is -0.114. The van der Waals surface area contributed by atoms with Gasteiger partial charge in [-0.15, -0.1) is 0 Å². The van der Waals surface area contributed by atoms with Gasteiger partial charge in [0, 0.05) is 5.69 Å². The van der Waals surface area contributed by atoms with Crippen LogP contribution in [-0.4, -0.2) is 12.5 Å². The van der Waals surface area contributed by atoms with Crippen molar-refractivity contribution >= 4 is 17.3 Å². The highest BCUT2D eigenvalue weighted by atomic mass is 19.2. The summed E-state index contributed by atoms with van der Waals surface area (Å²) in [6.45, 7) is 3.68. The van der Waals surface area contributed by atoms with Gasteiger partial charge in [-0.3, -0.25) is 4.79 Å². The Morgan fingerprint density at radius 3 is 2.45 bits per heavy atom. The van der Waals surface area contributed by atoms with Crippen LogP contribution in [0, 0.1) is 31.3 Å². The Balaban J connectivity index is 2.02. The molecule has 0 aliphatic rings. The first-order valence-electron chi connectivity index (χ1n) is 6.63. The van der Waals surface area contributed by atoms with E-state index in [4.69, 9.17) is 0 Å². The number of carbonyl (C=O) groups is 1. The van der Waals surface area contributed by atoms with Crippen LogP contribution in [0.25, 0.3) is 0 Å². The Kier molecular flexibility index (Phi) is 4.70. The first-order chi connectivity index (χ1) is 10.4. The van der Waals surface area contributed by atoms with Gasteiger partial charge >= 0.3 is 0 Å². The molecule has 2 N–H and O–H groups in total. The van der Waals surface area contributed by atoms with Gasteiger partial charge in [-0.2, -0.15) is 0 Å². The molecule has 3 nitrogen and oxygen atoms in total. The summed E-state index contributed by atoms with van der Waals surface area (Å²) in [7, 11) is 0. The Hall–Kier alpha value is -2.50. The summed E-state index contributed by atoms with van der Waals surface area (Å²) in [5.41, 5.74) is 2.37. The molecule has 0 heterocycles. The number of halogens is 3. The highest BCUT2D eigenvalue weighted by Gasteiger charge is 2.15. The maximum Gasteiger partial charge on any atom is 0.243 e. The van der Waals surface area contributed by atoms with Crippen LogP contribution >= 0.6 is 0 Å². The molecule has 116 valence electrons. The Morgan fingerprint density at radius 2 is 1.73 bits per heavy atom. The van der Waals surface area contributed by atoms with Gasteiger partial charge in [0.1, 0.15) is 0 Å². The lowest BCUT2D eigenvalue weighted by Crippen LogP contribution is -2.23. The van der Waals surface area contributed by atoms with Crippen molar-refractivity contribution in [3.63, 3.8) is 0 Å². The van der Waals surface area contributed by atoms with E-state index in [0.717, 1.165) is 28.9 Å². The van der Waals surface area contributed by atoms with Crippen molar-refractivity contribution in [1.29, 1.82) is 0 Å². The minimum absolute atomic E-state index is 0.122. The first-order valence-corrected chi connectivity index (χ1v) is 6.63. The van der Waals surface area contributed by atoms with Crippen molar-refractivity contribution in [1.82, 2.24) is 0 Å². The molecule has 0 aromatic heterocycles. The van der Waals surface area contributed by atoms with Crippen molar-refractivity contribution in [3.05, 3.63) is 58.9 Å². The largest absolute Gasteiger partial charge is 0.376 e. The van der Waals surface area contributed by atoms with Gasteiger partial charge in [-0.25, -0.2) is 13.2 Å². The number of nitrogens with one attached hydrogen (secondary N) is 2. The molecule has 0 radical (unpaired) electrons. The summed E-state index contributed by atoms with van der Waals surface area (Å²) in [6, 6.07) is 7.46. The minimum atomic E-state index is -1.61. The molecule has 22 heavy (non-hydrogen) atoms. The number of hydrogen-bond acceptors (Lipinski definition) is 2. The third-order valence-electron chi connectivity index (χ3n) is 3.14.